The van der Waals surface area contributed by atoms with Crippen LogP contribution in [0.1, 0.15) is 19.5 Å². The van der Waals surface area contributed by atoms with E-state index in [4.69, 9.17) is 5.11 Å². The molecule has 0 aliphatic rings. The third-order valence-corrected chi connectivity index (χ3v) is 2.11. The van der Waals surface area contributed by atoms with E-state index in [-0.39, 0.29) is 5.92 Å². The molecule has 15 heavy (non-hydrogen) atoms. The smallest absolute Gasteiger partial charge is 0.326 e. The van der Waals surface area contributed by atoms with Crippen molar-refractivity contribution < 1.29 is 9.90 Å². The second kappa shape index (κ2) is 4.72. The minimum Gasteiger partial charge on any atom is -0.480 e. The quantitative estimate of drug-likeness (QED) is 0.781. The van der Waals surface area contributed by atoms with Gasteiger partial charge in [0, 0.05) is 12.4 Å². The Morgan fingerprint density at radius 2 is 2.00 bits per heavy atom. The summed E-state index contributed by atoms with van der Waals surface area (Å²) in [5, 5.41) is 11.9. The molecule has 0 saturated carbocycles. The Labute approximate surface area is 88.6 Å². The summed E-state index contributed by atoms with van der Waals surface area (Å²) in [6.45, 7) is 5.48. The standard InChI is InChI=1S/C10H15N3O2/c1-6(2)8(10(14)15)13-9-7(3)11-4-5-12-9/h4-6,8H,1-3H3,(H,12,13)(H,14,15). The maximum Gasteiger partial charge on any atom is 0.326 e. The molecule has 0 radical (unpaired) electrons. The van der Waals surface area contributed by atoms with Gasteiger partial charge in [0.25, 0.3) is 0 Å². The molecule has 0 spiro atoms. The molecule has 1 heterocycles. The number of aryl methyl sites for hydroxylation is 1. The molecular formula is C10H15N3O2. The number of aromatic nitrogens is 2. The Balaban J connectivity index is 2.84. The number of carboxylic acids is 1. The van der Waals surface area contributed by atoms with Crippen LogP contribution in [0.25, 0.3) is 0 Å². The van der Waals surface area contributed by atoms with Crippen molar-refractivity contribution in [3.63, 3.8) is 0 Å². The molecule has 82 valence electrons. The molecule has 0 bridgehead atoms. The van der Waals surface area contributed by atoms with Gasteiger partial charge in [0.15, 0.2) is 0 Å². The lowest BCUT2D eigenvalue weighted by molar-refractivity contribution is -0.138. The number of nitrogens with zero attached hydrogens (tertiary/aromatic N) is 2. The first kappa shape index (κ1) is 11.4. The Morgan fingerprint density at radius 3 is 2.47 bits per heavy atom. The fourth-order valence-corrected chi connectivity index (χ4v) is 1.21. The van der Waals surface area contributed by atoms with Gasteiger partial charge in [-0.3, -0.25) is 4.98 Å². The number of rotatable bonds is 4. The van der Waals surface area contributed by atoms with Crippen LogP contribution in [-0.2, 0) is 4.79 Å². The maximum absolute atomic E-state index is 10.9. The van der Waals surface area contributed by atoms with Crippen LogP contribution < -0.4 is 5.32 Å². The van der Waals surface area contributed by atoms with Gasteiger partial charge in [0.05, 0.1) is 5.69 Å². The average Bonchev–Trinajstić information content (AvgIpc) is 2.15. The van der Waals surface area contributed by atoms with Gasteiger partial charge in [-0.15, -0.1) is 0 Å². The number of hydrogen-bond donors (Lipinski definition) is 2. The van der Waals surface area contributed by atoms with Crippen LogP contribution in [0.5, 0.6) is 0 Å². The van der Waals surface area contributed by atoms with E-state index >= 15 is 0 Å². The van der Waals surface area contributed by atoms with Crippen LogP contribution in [0.2, 0.25) is 0 Å². The first-order valence-corrected chi connectivity index (χ1v) is 4.79. The molecule has 0 saturated heterocycles. The predicted octanol–water partition coefficient (Wildman–Crippen LogP) is 1.31. The van der Waals surface area contributed by atoms with E-state index in [2.05, 4.69) is 15.3 Å². The molecule has 0 fully saturated rings. The van der Waals surface area contributed by atoms with Crippen molar-refractivity contribution in [1.29, 1.82) is 0 Å². The van der Waals surface area contributed by atoms with Gasteiger partial charge < -0.3 is 10.4 Å². The first-order valence-electron chi connectivity index (χ1n) is 4.79. The minimum absolute atomic E-state index is 0.0103. The number of carboxylic acid groups (broad SMARTS) is 1. The zero-order valence-corrected chi connectivity index (χ0v) is 9.06. The van der Waals surface area contributed by atoms with Crippen molar-refractivity contribution in [1.82, 2.24) is 9.97 Å². The summed E-state index contributed by atoms with van der Waals surface area (Å²) in [5.41, 5.74) is 0.699. The molecule has 0 aromatic carbocycles. The Hall–Kier alpha value is -1.65. The minimum atomic E-state index is -0.880. The summed E-state index contributed by atoms with van der Waals surface area (Å²) in [5.74, 6) is -0.363. The molecule has 1 aromatic heterocycles. The average molecular weight is 209 g/mol. The third kappa shape index (κ3) is 2.90. The maximum atomic E-state index is 10.9. The van der Waals surface area contributed by atoms with Crippen LogP contribution >= 0.6 is 0 Å². The predicted molar refractivity (Wildman–Crippen MR) is 56.7 cm³/mol. The topological polar surface area (TPSA) is 75.1 Å². The van der Waals surface area contributed by atoms with Crippen LogP contribution in [0.4, 0.5) is 5.82 Å². The summed E-state index contributed by atoms with van der Waals surface area (Å²) in [7, 11) is 0. The number of hydrogen-bond acceptors (Lipinski definition) is 4. The lowest BCUT2D eigenvalue weighted by atomic mass is 10.0. The van der Waals surface area contributed by atoms with Gasteiger partial charge >= 0.3 is 5.97 Å². The zero-order valence-electron chi connectivity index (χ0n) is 9.06. The van der Waals surface area contributed by atoms with Gasteiger partial charge in [-0.25, -0.2) is 9.78 Å². The summed E-state index contributed by atoms with van der Waals surface area (Å²) in [6.07, 6.45) is 3.11. The molecule has 5 heteroatoms. The number of anilines is 1. The summed E-state index contributed by atoms with van der Waals surface area (Å²) >= 11 is 0. The Morgan fingerprint density at radius 1 is 1.40 bits per heavy atom. The first-order chi connectivity index (χ1) is 7.02. The summed E-state index contributed by atoms with van der Waals surface area (Å²) in [4.78, 5) is 19.0. The van der Waals surface area contributed by atoms with Gasteiger partial charge in [-0.1, -0.05) is 13.8 Å². The van der Waals surface area contributed by atoms with E-state index in [0.717, 1.165) is 0 Å². The highest BCUT2D eigenvalue weighted by Gasteiger charge is 2.22. The molecule has 1 unspecified atom stereocenters. The van der Waals surface area contributed by atoms with E-state index in [9.17, 15) is 4.79 Å². The fraction of sp³-hybridized carbons (Fsp3) is 0.500. The van der Waals surface area contributed by atoms with E-state index in [1.165, 1.54) is 6.20 Å². The van der Waals surface area contributed by atoms with E-state index < -0.39 is 12.0 Å². The monoisotopic (exact) mass is 209 g/mol. The highest BCUT2D eigenvalue weighted by atomic mass is 16.4. The highest BCUT2D eigenvalue weighted by molar-refractivity contribution is 5.77. The largest absolute Gasteiger partial charge is 0.480 e. The lowest BCUT2D eigenvalue weighted by Gasteiger charge is -2.18. The van der Waals surface area contributed by atoms with Crippen molar-refractivity contribution in [3.05, 3.63) is 18.1 Å². The number of nitrogens with one attached hydrogen (secondary N) is 1. The van der Waals surface area contributed by atoms with Gasteiger partial charge in [0.1, 0.15) is 11.9 Å². The van der Waals surface area contributed by atoms with Crippen molar-refractivity contribution in [2.75, 3.05) is 5.32 Å². The Bertz CT molecular complexity index is 352. The van der Waals surface area contributed by atoms with E-state index in [1.54, 1.807) is 13.1 Å². The summed E-state index contributed by atoms with van der Waals surface area (Å²) < 4.78 is 0. The number of aliphatic carboxylic acids is 1. The second-order valence-electron chi connectivity index (χ2n) is 3.69. The SMILES string of the molecule is Cc1nccnc1NC(C(=O)O)C(C)C. The number of carbonyl (C=O) groups is 1. The zero-order chi connectivity index (χ0) is 11.4. The van der Waals surface area contributed by atoms with Crippen molar-refractivity contribution in [3.8, 4) is 0 Å². The van der Waals surface area contributed by atoms with Crippen LogP contribution in [0.15, 0.2) is 12.4 Å². The van der Waals surface area contributed by atoms with E-state index in [0.29, 0.717) is 11.5 Å². The molecule has 5 nitrogen and oxygen atoms in total. The molecule has 2 N–H and O–H groups in total. The third-order valence-electron chi connectivity index (χ3n) is 2.11. The molecular weight excluding hydrogens is 194 g/mol. The lowest BCUT2D eigenvalue weighted by Crippen LogP contribution is -2.34. The van der Waals surface area contributed by atoms with Crippen LogP contribution in [0, 0.1) is 12.8 Å². The van der Waals surface area contributed by atoms with Gasteiger partial charge in [0.2, 0.25) is 0 Å². The van der Waals surface area contributed by atoms with Gasteiger partial charge in [-0.2, -0.15) is 0 Å². The van der Waals surface area contributed by atoms with Crippen molar-refractivity contribution in [2.45, 2.75) is 26.8 Å². The molecule has 0 amide bonds. The molecule has 0 aliphatic heterocycles. The van der Waals surface area contributed by atoms with Crippen LogP contribution in [0.3, 0.4) is 0 Å². The molecule has 1 rings (SSSR count). The Kier molecular flexibility index (Phi) is 3.60. The highest BCUT2D eigenvalue weighted by Crippen LogP contribution is 2.12. The van der Waals surface area contributed by atoms with Crippen molar-refractivity contribution >= 4 is 11.8 Å². The second-order valence-corrected chi connectivity index (χ2v) is 3.69. The normalized spacial score (nSPS) is 12.5. The molecule has 1 aromatic rings. The van der Waals surface area contributed by atoms with Crippen molar-refractivity contribution in [2.24, 2.45) is 5.92 Å². The molecule has 1 atom stereocenters. The van der Waals surface area contributed by atoms with E-state index in [1.807, 2.05) is 13.8 Å². The van der Waals surface area contributed by atoms with Crippen LogP contribution in [-0.4, -0.2) is 27.1 Å². The van der Waals surface area contributed by atoms with Gasteiger partial charge in [-0.05, 0) is 12.8 Å². The summed E-state index contributed by atoms with van der Waals surface area (Å²) in [6, 6.07) is -0.639. The fourth-order valence-electron chi connectivity index (χ4n) is 1.21. The molecule has 0 aliphatic carbocycles.